The summed E-state index contributed by atoms with van der Waals surface area (Å²) in [5, 5.41) is 0. The Morgan fingerprint density at radius 2 is 1.41 bits per heavy atom. The Balaban J connectivity index is 0.000000437. The van der Waals surface area contributed by atoms with E-state index in [2.05, 4.69) is 49.0 Å². The second-order valence-electron chi connectivity index (χ2n) is 7.10. The molecule has 0 aromatic rings. The van der Waals surface area contributed by atoms with Gasteiger partial charge in [0.15, 0.2) is 0 Å². The lowest BCUT2D eigenvalue weighted by Crippen LogP contribution is -2.40. The molecule has 0 aromatic carbocycles. The van der Waals surface area contributed by atoms with Crippen LogP contribution in [0.15, 0.2) is 0 Å². The average molecular weight is 259 g/mol. The predicted molar refractivity (Wildman–Crippen MR) is 83.4 cm³/mol. The van der Waals surface area contributed by atoms with Crippen molar-refractivity contribution in [2.75, 3.05) is 28.2 Å². The van der Waals surface area contributed by atoms with Crippen LogP contribution in [0.2, 0.25) is 23.7 Å². The molecule has 0 aromatic heterocycles. The molecule has 0 spiro atoms. The van der Waals surface area contributed by atoms with Crippen molar-refractivity contribution in [2.24, 2.45) is 0 Å². The van der Waals surface area contributed by atoms with Crippen molar-refractivity contribution in [3.63, 3.8) is 0 Å². The van der Waals surface area contributed by atoms with Crippen molar-refractivity contribution >= 4 is 8.07 Å². The Morgan fingerprint density at radius 1 is 0.941 bits per heavy atom. The van der Waals surface area contributed by atoms with Gasteiger partial charge in [0, 0.05) is 0 Å². The molecular weight excluding hydrogens is 222 g/mol. The van der Waals surface area contributed by atoms with Gasteiger partial charge in [0.2, 0.25) is 0 Å². The van der Waals surface area contributed by atoms with Gasteiger partial charge in [-0.05, 0) is 5.54 Å². The summed E-state index contributed by atoms with van der Waals surface area (Å²) in [4.78, 5) is 0. The lowest BCUT2D eigenvalue weighted by Gasteiger charge is -2.41. The van der Waals surface area contributed by atoms with E-state index in [9.17, 15) is 0 Å². The molecule has 1 aliphatic heterocycles. The summed E-state index contributed by atoms with van der Waals surface area (Å²) in [6, 6.07) is 4.72. The van der Waals surface area contributed by atoms with Crippen LogP contribution in [0.5, 0.6) is 0 Å². The van der Waals surface area contributed by atoms with Crippen LogP contribution in [0.3, 0.4) is 0 Å². The SMILES string of the molecule is CCC1CCCC[Si]1(CC)CC.C[N+](C)(C)C. The normalized spacial score (nSPS) is 23.8. The van der Waals surface area contributed by atoms with Gasteiger partial charge in [-0.25, -0.2) is 0 Å². The molecule has 1 rings (SSSR count). The number of hydrogen-bond donors (Lipinski definition) is 0. The predicted octanol–water partition coefficient (Wildman–Crippen LogP) is 4.76. The molecule has 104 valence electrons. The van der Waals surface area contributed by atoms with Crippen LogP contribution in [0.25, 0.3) is 0 Å². The highest BCUT2D eigenvalue weighted by Crippen LogP contribution is 2.44. The van der Waals surface area contributed by atoms with Gasteiger partial charge in [0.1, 0.15) is 0 Å². The van der Waals surface area contributed by atoms with E-state index in [4.69, 9.17) is 0 Å². The number of rotatable bonds is 3. The first-order chi connectivity index (χ1) is 7.79. The van der Waals surface area contributed by atoms with Crippen molar-refractivity contribution in [1.29, 1.82) is 0 Å². The summed E-state index contributed by atoms with van der Waals surface area (Å²) in [6.07, 6.45) is 6.09. The van der Waals surface area contributed by atoms with Crippen LogP contribution in [0.1, 0.15) is 46.5 Å². The number of nitrogens with zero attached hydrogens (tertiary/aromatic N) is 1. The lowest BCUT2D eigenvalue weighted by molar-refractivity contribution is -0.849. The van der Waals surface area contributed by atoms with E-state index in [1.807, 2.05) is 0 Å². The third-order valence-corrected chi connectivity index (χ3v) is 10.8. The van der Waals surface area contributed by atoms with Gasteiger partial charge in [-0.3, -0.25) is 0 Å². The van der Waals surface area contributed by atoms with E-state index >= 15 is 0 Å². The van der Waals surface area contributed by atoms with Crippen LogP contribution < -0.4 is 0 Å². The first kappa shape index (κ1) is 17.2. The molecule has 0 N–H and O–H groups in total. The molecule has 2 heteroatoms. The van der Waals surface area contributed by atoms with Crippen LogP contribution in [-0.4, -0.2) is 40.7 Å². The van der Waals surface area contributed by atoms with Crippen molar-refractivity contribution < 1.29 is 4.48 Å². The van der Waals surface area contributed by atoms with Gasteiger partial charge in [-0.2, -0.15) is 0 Å². The monoisotopic (exact) mass is 258 g/mol. The summed E-state index contributed by atoms with van der Waals surface area (Å²) in [6.45, 7) is 7.30. The molecule has 1 atom stereocenters. The van der Waals surface area contributed by atoms with E-state index in [0.29, 0.717) is 0 Å². The number of hydrogen-bond acceptors (Lipinski definition) is 0. The second-order valence-corrected chi connectivity index (χ2v) is 12.6. The third-order valence-electron chi connectivity index (χ3n) is 4.24. The molecule has 1 fully saturated rings. The molecule has 0 bridgehead atoms. The number of quaternary nitrogens is 1. The summed E-state index contributed by atoms with van der Waals surface area (Å²) in [5.41, 5.74) is 1.17. The standard InChI is InChI=1S/C11H24Si.C4H12N/c1-4-11-9-7-8-10-12(11,5-2)6-3;1-5(2,3)4/h11H,4-10H2,1-3H3;1-4H3/q;+1. The highest BCUT2D eigenvalue weighted by molar-refractivity contribution is 6.81. The zero-order valence-corrected chi connectivity index (χ0v) is 14.5. The van der Waals surface area contributed by atoms with E-state index in [-0.39, 0.29) is 0 Å². The third kappa shape index (κ3) is 6.61. The molecule has 1 nitrogen and oxygen atoms in total. The van der Waals surface area contributed by atoms with Gasteiger partial charge in [0.05, 0.1) is 36.3 Å². The van der Waals surface area contributed by atoms with E-state index in [1.54, 1.807) is 31.0 Å². The Morgan fingerprint density at radius 3 is 1.71 bits per heavy atom. The second kappa shape index (κ2) is 7.58. The van der Waals surface area contributed by atoms with Gasteiger partial charge < -0.3 is 4.48 Å². The van der Waals surface area contributed by atoms with Gasteiger partial charge >= 0.3 is 0 Å². The quantitative estimate of drug-likeness (QED) is 0.506. The largest absolute Gasteiger partial charge is 0.333 e. The minimum atomic E-state index is -0.760. The average Bonchev–Trinajstić information content (AvgIpc) is 2.26. The fourth-order valence-corrected chi connectivity index (χ4v) is 8.60. The van der Waals surface area contributed by atoms with Crippen LogP contribution in [0, 0.1) is 0 Å². The fourth-order valence-electron chi connectivity index (χ4n) is 3.20. The Kier molecular flexibility index (Phi) is 7.66. The first-order valence-corrected chi connectivity index (χ1v) is 10.3. The molecular formula is C15H36NSi+. The maximum absolute atomic E-state index is 2.45. The summed E-state index contributed by atoms with van der Waals surface area (Å²) in [7, 11) is 7.74. The lowest BCUT2D eigenvalue weighted by atomic mass is 10.1. The van der Waals surface area contributed by atoms with Gasteiger partial charge in [-0.15, -0.1) is 0 Å². The van der Waals surface area contributed by atoms with Gasteiger partial charge in [-0.1, -0.05) is 64.6 Å². The van der Waals surface area contributed by atoms with Crippen molar-refractivity contribution in [1.82, 2.24) is 0 Å². The molecule has 1 heterocycles. The van der Waals surface area contributed by atoms with E-state index < -0.39 is 8.07 Å². The van der Waals surface area contributed by atoms with Gasteiger partial charge in [0.25, 0.3) is 0 Å². The van der Waals surface area contributed by atoms with Crippen molar-refractivity contribution in [3.8, 4) is 0 Å². The molecule has 0 radical (unpaired) electrons. The Labute approximate surface area is 111 Å². The first-order valence-electron chi connectivity index (χ1n) is 7.58. The highest BCUT2D eigenvalue weighted by atomic mass is 28.3. The molecule has 0 amide bonds. The minimum absolute atomic E-state index is 0.760. The molecule has 0 saturated carbocycles. The molecule has 1 unspecified atom stereocenters. The Hall–Kier alpha value is 0.177. The maximum Gasteiger partial charge on any atom is 0.0675 e. The minimum Gasteiger partial charge on any atom is -0.333 e. The van der Waals surface area contributed by atoms with Crippen LogP contribution >= 0.6 is 0 Å². The fraction of sp³-hybridized carbons (Fsp3) is 1.00. The smallest absolute Gasteiger partial charge is 0.0675 e. The molecule has 1 aliphatic rings. The van der Waals surface area contributed by atoms with E-state index in [0.717, 1.165) is 4.48 Å². The van der Waals surface area contributed by atoms with Crippen LogP contribution in [0.4, 0.5) is 0 Å². The maximum atomic E-state index is 2.45. The topological polar surface area (TPSA) is 0 Å². The van der Waals surface area contributed by atoms with Crippen LogP contribution in [-0.2, 0) is 0 Å². The van der Waals surface area contributed by atoms with Crippen molar-refractivity contribution in [2.45, 2.75) is 70.1 Å². The summed E-state index contributed by atoms with van der Waals surface area (Å²) >= 11 is 0. The highest BCUT2D eigenvalue weighted by Gasteiger charge is 2.38. The zero-order valence-electron chi connectivity index (χ0n) is 13.5. The Bertz CT molecular complexity index is 186. The molecule has 0 aliphatic carbocycles. The van der Waals surface area contributed by atoms with Crippen molar-refractivity contribution in [3.05, 3.63) is 0 Å². The molecule has 1 saturated heterocycles. The van der Waals surface area contributed by atoms with E-state index in [1.165, 1.54) is 18.4 Å². The summed E-state index contributed by atoms with van der Waals surface area (Å²) < 4.78 is 1.00. The molecule has 17 heavy (non-hydrogen) atoms. The zero-order chi connectivity index (χ0) is 13.5. The summed E-state index contributed by atoms with van der Waals surface area (Å²) in [5.74, 6) is 0.